The molecule has 2 heterocycles. The molecule has 2 aromatic heterocycles. The SMILES string of the molecule is C[C@H](NCc1cn[nH]c1-c1ccc(F)cc1)[C@H](C)n1cccn1. The number of rotatable bonds is 6. The molecule has 120 valence electrons. The highest BCUT2D eigenvalue weighted by molar-refractivity contribution is 5.62. The fourth-order valence-electron chi connectivity index (χ4n) is 2.50. The number of halogens is 1. The fourth-order valence-corrected chi connectivity index (χ4v) is 2.50. The maximum atomic E-state index is 13.1. The molecule has 0 spiro atoms. The Morgan fingerprint density at radius 3 is 2.74 bits per heavy atom. The van der Waals surface area contributed by atoms with Gasteiger partial charge in [-0.2, -0.15) is 10.2 Å². The largest absolute Gasteiger partial charge is 0.308 e. The molecule has 1 aromatic carbocycles. The molecule has 0 saturated carbocycles. The molecule has 0 bridgehead atoms. The van der Waals surface area contributed by atoms with Gasteiger partial charge >= 0.3 is 0 Å². The van der Waals surface area contributed by atoms with E-state index in [0.717, 1.165) is 16.8 Å². The van der Waals surface area contributed by atoms with Crippen LogP contribution in [0.1, 0.15) is 25.5 Å². The summed E-state index contributed by atoms with van der Waals surface area (Å²) >= 11 is 0. The summed E-state index contributed by atoms with van der Waals surface area (Å²) in [5.74, 6) is -0.241. The minimum absolute atomic E-state index is 0.241. The predicted molar refractivity (Wildman–Crippen MR) is 87.2 cm³/mol. The zero-order chi connectivity index (χ0) is 16.2. The van der Waals surface area contributed by atoms with Gasteiger partial charge in [-0.05, 0) is 44.2 Å². The Balaban J connectivity index is 1.67. The molecular weight excluding hydrogens is 293 g/mol. The van der Waals surface area contributed by atoms with E-state index >= 15 is 0 Å². The number of benzene rings is 1. The third-order valence-corrected chi connectivity index (χ3v) is 4.13. The van der Waals surface area contributed by atoms with Crippen LogP contribution in [0.2, 0.25) is 0 Å². The molecule has 0 saturated heterocycles. The molecule has 2 N–H and O–H groups in total. The van der Waals surface area contributed by atoms with Gasteiger partial charge in [0.15, 0.2) is 0 Å². The quantitative estimate of drug-likeness (QED) is 0.735. The number of aromatic amines is 1. The number of hydrogen-bond acceptors (Lipinski definition) is 3. The smallest absolute Gasteiger partial charge is 0.123 e. The van der Waals surface area contributed by atoms with E-state index in [0.29, 0.717) is 6.54 Å². The van der Waals surface area contributed by atoms with Crippen LogP contribution in [0.5, 0.6) is 0 Å². The number of hydrogen-bond donors (Lipinski definition) is 2. The van der Waals surface area contributed by atoms with Gasteiger partial charge in [0.25, 0.3) is 0 Å². The van der Waals surface area contributed by atoms with Crippen LogP contribution in [0, 0.1) is 5.82 Å². The first-order valence-electron chi connectivity index (χ1n) is 7.66. The monoisotopic (exact) mass is 313 g/mol. The molecule has 0 radical (unpaired) electrons. The third kappa shape index (κ3) is 3.48. The summed E-state index contributed by atoms with van der Waals surface area (Å²) in [4.78, 5) is 0. The lowest BCUT2D eigenvalue weighted by atomic mass is 10.1. The molecule has 3 rings (SSSR count). The Hall–Kier alpha value is -2.47. The van der Waals surface area contributed by atoms with Crippen molar-refractivity contribution in [3.8, 4) is 11.3 Å². The van der Waals surface area contributed by atoms with Crippen LogP contribution < -0.4 is 5.32 Å². The first-order chi connectivity index (χ1) is 11.1. The van der Waals surface area contributed by atoms with Gasteiger partial charge in [0.05, 0.1) is 17.9 Å². The normalized spacial score (nSPS) is 13.9. The molecular formula is C17H20FN5. The van der Waals surface area contributed by atoms with Crippen molar-refractivity contribution in [1.82, 2.24) is 25.3 Å². The van der Waals surface area contributed by atoms with Crippen molar-refractivity contribution in [2.24, 2.45) is 0 Å². The zero-order valence-corrected chi connectivity index (χ0v) is 13.2. The van der Waals surface area contributed by atoms with Crippen molar-refractivity contribution < 1.29 is 4.39 Å². The molecule has 5 nitrogen and oxygen atoms in total. The van der Waals surface area contributed by atoms with Crippen molar-refractivity contribution in [3.63, 3.8) is 0 Å². The molecule has 0 aliphatic rings. The van der Waals surface area contributed by atoms with E-state index in [1.807, 2.05) is 16.9 Å². The average Bonchev–Trinajstić information content (AvgIpc) is 3.24. The van der Waals surface area contributed by atoms with Crippen LogP contribution >= 0.6 is 0 Å². The molecule has 0 unspecified atom stereocenters. The first-order valence-corrected chi connectivity index (χ1v) is 7.66. The van der Waals surface area contributed by atoms with Crippen molar-refractivity contribution in [2.75, 3.05) is 0 Å². The topological polar surface area (TPSA) is 58.5 Å². The van der Waals surface area contributed by atoms with Gasteiger partial charge in [-0.15, -0.1) is 0 Å². The van der Waals surface area contributed by atoms with Gasteiger partial charge in [0.2, 0.25) is 0 Å². The van der Waals surface area contributed by atoms with Crippen molar-refractivity contribution >= 4 is 0 Å². The van der Waals surface area contributed by atoms with E-state index < -0.39 is 0 Å². The number of H-pyrrole nitrogens is 1. The van der Waals surface area contributed by atoms with Gasteiger partial charge < -0.3 is 5.32 Å². The summed E-state index contributed by atoms with van der Waals surface area (Å²) in [7, 11) is 0. The molecule has 0 aliphatic heterocycles. The Kier molecular flexibility index (Phi) is 4.52. The van der Waals surface area contributed by atoms with Gasteiger partial charge in [-0.3, -0.25) is 9.78 Å². The summed E-state index contributed by atoms with van der Waals surface area (Å²) in [5, 5.41) is 14.9. The Bertz CT molecular complexity index is 733. The van der Waals surface area contributed by atoms with Gasteiger partial charge in [-0.1, -0.05) is 0 Å². The highest BCUT2D eigenvalue weighted by Gasteiger charge is 2.15. The maximum Gasteiger partial charge on any atom is 0.123 e. The molecule has 3 aromatic rings. The second-order valence-corrected chi connectivity index (χ2v) is 5.67. The van der Waals surface area contributed by atoms with Crippen LogP contribution in [-0.4, -0.2) is 26.0 Å². The molecule has 23 heavy (non-hydrogen) atoms. The van der Waals surface area contributed by atoms with E-state index in [1.54, 1.807) is 24.5 Å². The summed E-state index contributed by atoms with van der Waals surface area (Å²) in [6.45, 7) is 4.93. The second kappa shape index (κ2) is 6.75. The highest BCUT2D eigenvalue weighted by atomic mass is 19.1. The van der Waals surface area contributed by atoms with Gasteiger partial charge in [-0.25, -0.2) is 4.39 Å². The van der Waals surface area contributed by atoms with E-state index in [4.69, 9.17) is 0 Å². The van der Waals surface area contributed by atoms with Crippen LogP contribution in [0.3, 0.4) is 0 Å². The predicted octanol–water partition coefficient (Wildman–Crippen LogP) is 3.15. The maximum absolute atomic E-state index is 13.1. The summed E-state index contributed by atoms with van der Waals surface area (Å²) in [6, 6.07) is 8.82. The van der Waals surface area contributed by atoms with Crippen molar-refractivity contribution in [3.05, 3.63) is 60.3 Å². The van der Waals surface area contributed by atoms with E-state index in [1.165, 1.54) is 12.1 Å². The molecule has 0 fully saturated rings. The van der Waals surface area contributed by atoms with Crippen LogP contribution in [0.4, 0.5) is 4.39 Å². The first kappa shape index (κ1) is 15.4. The van der Waals surface area contributed by atoms with Crippen LogP contribution in [0.15, 0.2) is 48.9 Å². The fraction of sp³-hybridized carbons (Fsp3) is 0.294. The number of aromatic nitrogens is 4. The highest BCUT2D eigenvalue weighted by Crippen LogP contribution is 2.21. The van der Waals surface area contributed by atoms with Crippen molar-refractivity contribution in [1.29, 1.82) is 0 Å². The molecule has 0 amide bonds. The minimum Gasteiger partial charge on any atom is -0.308 e. The number of nitrogens with zero attached hydrogens (tertiary/aromatic N) is 3. The second-order valence-electron chi connectivity index (χ2n) is 5.67. The van der Waals surface area contributed by atoms with Gasteiger partial charge in [0, 0.05) is 36.1 Å². The number of nitrogens with one attached hydrogen (secondary N) is 2. The molecule has 6 heteroatoms. The van der Waals surface area contributed by atoms with Gasteiger partial charge in [0.1, 0.15) is 5.82 Å². The lowest BCUT2D eigenvalue weighted by Gasteiger charge is -2.21. The zero-order valence-electron chi connectivity index (χ0n) is 13.2. The van der Waals surface area contributed by atoms with E-state index in [9.17, 15) is 4.39 Å². The van der Waals surface area contributed by atoms with Crippen LogP contribution in [-0.2, 0) is 6.54 Å². The summed E-state index contributed by atoms with van der Waals surface area (Å²) in [6.07, 6.45) is 5.55. The average molecular weight is 313 g/mol. The third-order valence-electron chi connectivity index (χ3n) is 4.13. The van der Waals surface area contributed by atoms with Crippen LogP contribution in [0.25, 0.3) is 11.3 Å². The minimum atomic E-state index is -0.241. The van der Waals surface area contributed by atoms with Crippen molar-refractivity contribution in [2.45, 2.75) is 32.5 Å². The summed E-state index contributed by atoms with van der Waals surface area (Å²) < 4.78 is 15.0. The Morgan fingerprint density at radius 2 is 2.04 bits per heavy atom. The standard InChI is InChI=1S/C17H20FN5/c1-12(13(2)23-9-3-8-21-23)19-10-15-11-20-22-17(15)14-4-6-16(18)7-5-14/h3-9,11-13,19H,10H2,1-2H3,(H,20,22)/t12-,13-/m0/s1. The summed E-state index contributed by atoms with van der Waals surface area (Å²) in [5.41, 5.74) is 2.89. The molecule has 2 atom stereocenters. The Morgan fingerprint density at radius 1 is 1.26 bits per heavy atom. The Labute approximate surface area is 134 Å². The lowest BCUT2D eigenvalue weighted by molar-refractivity contribution is 0.365. The van der Waals surface area contributed by atoms with E-state index in [2.05, 4.69) is 34.5 Å². The lowest BCUT2D eigenvalue weighted by Crippen LogP contribution is -2.33. The molecule has 0 aliphatic carbocycles. The van der Waals surface area contributed by atoms with E-state index in [-0.39, 0.29) is 17.9 Å².